The summed E-state index contributed by atoms with van der Waals surface area (Å²) in [6.45, 7) is 7.66. The second-order valence-corrected chi connectivity index (χ2v) is 10.2. The maximum absolute atomic E-state index is 13.0. The molecule has 7 nitrogen and oxygen atoms in total. The number of aromatic nitrogens is 2. The Kier molecular flexibility index (Phi) is 5.52. The maximum atomic E-state index is 13.0. The molecule has 0 saturated carbocycles. The minimum Gasteiger partial charge on any atom is -0.338 e. The quantitative estimate of drug-likeness (QED) is 0.818. The summed E-state index contributed by atoms with van der Waals surface area (Å²) in [6.07, 6.45) is 4.31. The van der Waals surface area contributed by atoms with Crippen LogP contribution < -0.4 is 4.72 Å². The van der Waals surface area contributed by atoms with E-state index < -0.39 is 10.0 Å². The average Bonchev–Trinajstić information content (AvgIpc) is 3.07. The van der Waals surface area contributed by atoms with Gasteiger partial charge in [-0.3, -0.25) is 14.6 Å². The van der Waals surface area contributed by atoms with Gasteiger partial charge in [0, 0.05) is 24.6 Å². The molecule has 2 heterocycles. The van der Waals surface area contributed by atoms with E-state index in [4.69, 9.17) is 0 Å². The number of anilines is 1. The molecular formula is C20H28N4O3S. The Bertz CT molecular complexity index is 943. The van der Waals surface area contributed by atoms with Crippen molar-refractivity contribution in [3.63, 3.8) is 0 Å². The fourth-order valence-electron chi connectivity index (χ4n) is 3.58. The molecule has 1 aliphatic rings. The number of carbonyl (C=O) groups excluding carboxylic acids is 1. The zero-order valence-corrected chi connectivity index (χ0v) is 17.6. The van der Waals surface area contributed by atoms with Crippen molar-refractivity contribution >= 4 is 21.6 Å². The second-order valence-electron chi connectivity index (χ2n) is 8.49. The molecule has 0 bridgehead atoms. The van der Waals surface area contributed by atoms with E-state index in [9.17, 15) is 13.2 Å². The summed E-state index contributed by atoms with van der Waals surface area (Å²) < 4.78 is 25.6. The van der Waals surface area contributed by atoms with Crippen molar-refractivity contribution in [2.75, 3.05) is 24.1 Å². The second kappa shape index (κ2) is 7.58. The smallest absolute Gasteiger partial charge is 0.253 e. The van der Waals surface area contributed by atoms with Crippen LogP contribution in [-0.2, 0) is 15.4 Å². The van der Waals surface area contributed by atoms with E-state index in [2.05, 4.69) is 35.7 Å². The van der Waals surface area contributed by atoms with Crippen molar-refractivity contribution in [1.82, 2.24) is 15.1 Å². The fraction of sp³-hybridized carbons (Fsp3) is 0.500. The summed E-state index contributed by atoms with van der Waals surface area (Å²) in [5.41, 5.74) is 3.09. The number of amides is 1. The van der Waals surface area contributed by atoms with Gasteiger partial charge in [0.25, 0.3) is 5.91 Å². The van der Waals surface area contributed by atoms with Gasteiger partial charge in [-0.05, 0) is 36.0 Å². The van der Waals surface area contributed by atoms with Gasteiger partial charge >= 0.3 is 0 Å². The van der Waals surface area contributed by atoms with Crippen LogP contribution in [0.4, 0.5) is 5.69 Å². The van der Waals surface area contributed by atoms with Crippen molar-refractivity contribution in [1.29, 1.82) is 0 Å². The molecule has 152 valence electrons. The maximum Gasteiger partial charge on any atom is 0.253 e. The zero-order valence-electron chi connectivity index (χ0n) is 16.8. The Morgan fingerprint density at radius 2 is 1.93 bits per heavy atom. The molecule has 1 aliphatic heterocycles. The largest absolute Gasteiger partial charge is 0.338 e. The summed E-state index contributed by atoms with van der Waals surface area (Å²) in [4.78, 5) is 14.8. The van der Waals surface area contributed by atoms with Gasteiger partial charge in [0.05, 0.1) is 23.8 Å². The van der Waals surface area contributed by atoms with Gasteiger partial charge in [-0.15, -0.1) is 0 Å². The van der Waals surface area contributed by atoms with E-state index in [1.165, 1.54) is 11.8 Å². The topological polar surface area (TPSA) is 95.2 Å². The third-order valence-corrected chi connectivity index (χ3v) is 5.67. The Balaban J connectivity index is 1.75. The first-order chi connectivity index (χ1) is 13.0. The van der Waals surface area contributed by atoms with Crippen LogP contribution in [0.5, 0.6) is 0 Å². The molecule has 1 amide bonds. The van der Waals surface area contributed by atoms with E-state index in [0.717, 1.165) is 24.8 Å². The van der Waals surface area contributed by atoms with Gasteiger partial charge in [0.2, 0.25) is 10.0 Å². The Morgan fingerprint density at radius 1 is 1.25 bits per heavy atom. The van der Waals surface area contributed by atoms with E-state index in [-0.39, 0.29) is 17.2 Å². The molecule has 2 aromatic rings. The lowest BCUT2D eigenvalue weighted by molar-refractivity contribution is 0.0706. The summed E-state index contributed by atoms with van der Waals surface area (Å²) in [6, 6.07) is 7.80. The van der Waals surface area contributed by atoms with Gasteiger partial charge in [0.15, 0.2) is 0 Å². The molecule has 3 rings (SSSR count). The number of aromatic amines is 1. The monoisotopic (exact) mass is 404 g/mol. The number of hydrogen-bond acceptors (Lipinski definition) is 4. The minimum absolute atomic E-state index is 0.00213. The first-order valence-corrected chi connectivity index (χ1v) is 11.3. The summed E-state index contributed by atoms with van der Waals surface area (Å²) in [5.74, 6) is 0.0144. The predicted octanol–water partition coefficient (Wildman–Crippen LogP) is 3.10. The van der Waals surface area contributed by atoms with Crippen LogP contribution in [0.2, 0.25) is 0 Å². The highest BCUT2D eigenvalue weighted by Gasteiger charge is 2.28. The Morgan fingerprint density at radius 3 is 2.54 bits per heavy atom. The third kappa shape index (κ3) is 4.73. The number of benzene rings is 1. The van der Waals surface area contributed by atoms with Crippen molar-refractivity contribution in [2.24, 2.45) is 0 Å². The van der Waals surface area contributed by atoms with Crippen LogP contribution in [-0.4, -0.2) is 48.8 Å². The molecule has 8 heteroatoms. The van der Waals surface area contributed by atoms with E-state index in [0.29, 0.717) is 24.3 Å². The number of rotatable bonds is 4. The molecule has 0 aliphatic carbocycles. The van der Waals surface area contributed by atoms with E-state index in [1.807, 2.05) is 29.2 Å². The van der Waals surface area contributed by atoms with Crippen molar-refractivity contribution in [2.45, 2.75) is 44.9 Å². The van der Waals surface area contributed by atoms with Gasteiger partial charge < -0.3 is 4.90 Å². The molecule has 1 aromatic heterocycles. The first-order valence-electron chi connectivity index (χ1n) is 9.45. The highest BCUT2D eigenvalue weighted by Crippen LogP contribution is 2.31. The Labute approximate surface area is 166 Å². The number of nitrogens with zero attached hydrogens (tertiary/aromatic N) is 2. The van der Waals surface area contributed by atoms with E-state index in [1.54, 1.807) is 0 Å². The minimum atomic E-state index is -3.39. The lowest BCUT2D eigenvalue weighted by Gasteiger charge is -2.33. The van der Waals surface area contributed by atoms with Crippen LogP contribution in [0.1, 0.15) is 61.1 Å². The van der Waals surface area contributed by atoms with Crippen LogP contribution in [0.25, 0.3) is 0 Å². The molecule has 1 atom stereocenters. The van der Waals surface area contributed by atoms with Gasteiger partial charge in [-0.25, -0.2) is 8.42 Å². The van der Waals surface area contributed by atoms with Crippen molar-refractivity contribution < 1.29 is 13.2 Å². The molecule has 28 heavy (non-hydrogen) atoms. The summed E-state index contributed by atoms with van der Waals surface area (Å²) in [7, 11) is -3.39. The molecule has 2 N–H and O–H groups in total. The highest BCUT2D eigenvalue weighted by molar-refractivity contribution is 7.92. The number of piperidine rings is 1. The SMILES string of the molecule is CC(C)(C)c1ccc(C(=O)N2CCC[C@@H](c3[nH]ncc3NS(C)(=O)=O)C2)cc1. The Hall–Kier alpha value is -2.35. The molecule has 0 unspecified atom stereocenters. The molecule has 0 radical (unpaired) electrons. The lowest BCUT2D eigenvalue weighted by Crippen LogP contribution is -2.39. The average molecular weight is 405 g/mol. The van der Waals surface area contributed by atoms with Gasteiger partial charge in [-0.1, -0.05) is 32.9 Å². The summed E-state index contributed by atoms with van der Waals surface area (Å²) >= 11 is 0. The molecule has 1 saturated heterocycles. The third-order valence-electron chi connectivity index (χ3n) is 5.08. The summed E-state index contributed by atoms with van der Waals surface area (Å²) in [5, 5.41) is 6.89. The fourth-order valence-corrected chi connectivity index (χ4v) is 4.14. The number of nitrogens with one attached hydrogen (secondary N) is 2. The lowest BCUT2D eigenvalue weighted by atomic mass is 9.86. The number of H-pyrrole nitrogens is 1. The number of carbonyl (C=O) groups is 1. The normalized spacial score (nSPS) is 18.1. The predicted molar refractivity (Wildman–Crippen MR) is 110 cm³/mol. The standard InChI is InChI=1S/C20H28N4O3S/c1-20(2,3)16-9-7-14(8-10-16)19(25)24-11-5-6-15(13-24)18-17(12-21-22-18)23-28(4,26)27/h7-10,12,15,23H,5-6,11,13H2,1-4H3,(H,21,22)/t15-/m1/s1. The molecule has 1 aromatic carbocycles. The highest BCUT2D eigenvalue weighted by atomic mass is 32.2. The van der Waals surface area contributed by atoms with Crippen LogP contribution in [0.3, 0.4) is 0 Å². The van der Waals surface area contributed by atoms with Gasteiger partial charge in [0.1, 0.15) is 0 Å². The zero-order chi connectivity index (χ0) is 20.5. The molecular weight excluding hydrogens is 376 g/mol. The number of hydrogen-bond donors (Lipinski definition) is 2. The first kappa shape index (κ1) is 20.4. The van der Waals surface area contributed by atoms with Crippen molar-refractivity contribution in [3.05, 3.63) is 47.3 Å². The van der Waals surface area contributed by atoms with E-state index >= 15 is 0 Å². The van der Waals surface area contributed by atoms with Crippen LogP contribution in [0, 0.1) is 0 Å². The van der Waals surface area contributed by atoms with Crippen molar-refractivity contribution in [3.8, 4) is 0 Å². The molecule has 0 spiro atoms. The van der Waals surface area contributed by atoms with Crippen LogP contribution >= 0.6 is 0 Å². The van der Waals surface area contributed by atoms with Gasteiger partial charge in [-0.2, -0.15) is 5.10 Å². The van der Waals surface area contributed by atoms with Crippen LogP contribution in [0.15, 0.2) is 30.5 Å². The number of sulfonamides is 1. The number of likely N-dealkylation sites (tertiary alicyclic amines) is 1. The molecule has 1 fully saturated rings.